The third-order valence-electron chi connectivity index (χ3n) is 8.79. The van der Waals surface area contributed by atoms with Crippen molar-refractivity contribution in [3.8, 4) is 0 Å². The van der Waals surface area contributed by atoms with E-state index in [9.17, 15) is 0 Å². The van der Waals surface area contributed by atoms with E-state index in [2.05, 4.69) is 182 Å². The van der Waals surface area contributed by atoms with Crippen molar-refractivity contribution in [2.24, 2.45) is 0 Å². The van der Waals surface area contributed by atoms with Gasteiger partial charge in [0.1, 0.15) is 0 Å². The molecule has 6 atom stereocenters. The van der Waals surface area contributed by atoms with Crippen molar-refractivity contribution in [1.82, 2.24) is 0 Å². The molecule has 6 aromatic rings. The summed E-state index contributed by atoms with van der Waals surface area (Å²) in [7, 11) is -3.07. The molecule has 0 saturated carbocycles. The highest BCUT2D eigenvalue weighted by atomic mass is 32.8. The molecule has 0 amide bonds. The highest BCUT2D eigenvalue weighted by Gasteiger charge is 2.44. The topological polar surface area (TPSA) is 0 Å². The van der Waals surface area contributed by atoms with Gasteiger partial charge in [0.05, 0.1) is 0 Å². The molecule has 1 aliphatic heterocycles. The smallest absolute Gasteiger partial charge is 0.00600 e. The third kappa shape index (κ3) is 8.86. The Balaban J connectivity index is 1.56. The second-order valence-electron chi connectivity index (χ2n) is 12.2. The van der Waals surface area contributed by atoms with Crippen LogP contribution in [0.5, 0.6) is 0 Å². The molecule has 49 heavy (non-hydrogen) atoms. The van der Waals surface area contributed by atoms with Crippen LogP contribution in [0.3, 0.4) is 0 Å². The van der Waals surface area contributed by atoms with E-state index in [1.54, 1.807) is 31.8 Å². The predicted octanol–water partition coefficient (Wildman–Crippen LogP) is 12.4. The largest absolute Gasteiger partial charge is 0.0622 e. The standard InChI is InChI=1S/C43H44P6/c1-2-22-36-44(38-24-10-4-11-25-38)46(40-28-14-6-15-29-40)48(42-32-18-8-19-33-42)49(43-34-20-9-21-35-43)47(41-30-16-7-17-31-41)45(37-23-3-1)39-26-12-5-13-27-39/h4-21,24-35H,1-3,22-23,36-37H2. The van der Waals surface area contributed by atoms with Gasteiger partial charge in [0.2, 0.25) is 0 Å². The van der Waals surface area contributed by atoms with Gasteiger partial charge >= 0.3 is 0 Å². The number of benzene rings is 6. The van der Waals surface area contributed by atoms with Gasteiger partial charge < -0.3 is 0 Å². The summed E-state index contributed by atoms with van der Waals surface area (Å²) in [6, 6.07) is 71.1. The zero-order valence-corrected chi connectivity index (χ0v) is 33.3. The van der Waals surface area contributed by atoms with Gasteiger partial charge in [-0.25, -0.2) is 0 Å². The Hall–Kier alpha value is -2.10. The van der Waals surface area contributed by atoms with E-state index in [1.807, 2.05) is 0 Å². The zero-order valence-electron chi connectivity index (χ0n) is 28.0. The average molecular weight is 747 g/mol. The molecular formula is C43H44P6. The molecule has 6 unspecified atom stereocenters. The fourth-order valence-corrected chi connectivity index (χ4v) is 62.2. The minimum absolute atomic E-state index is 0.417. The van der Waals surface area contributed by atoms with Crippen LogP contribution in [-0.4, -0.2) is 12.3 Å². The second-order valence-corrected chi connectivity index (χ2v) is 36.4. The SMILES string of the molecule is c1ccc(P2CCCCCCCP(c3ccccc3)P(c3ccccc3)P(c3ccccc3)P(c3ccccc3)P2c2ccccc2)cc1. The van der Waals surface area contributed by atoms with Gasteiger partial charge in [-0.05, 0) is 101 Å². The minimum Gasteiger partial charge on any atom is -0.0622 e. The van der Waals surface area contributed by atoms with Crippen molar-refractivity contribution in [2.45, 2.75) is 32.1 Å². The fourth-order valence-electron chi connectivity index (χ4n) is 6.47. The molecule has 1 heterocycles. The summed E-state index contributed by atoms with van der Waals surface area (Å²) >= 11 is 0. The van der Waals surface area contributed by atoms with Crippen LogP contribution in [0.4, 0.5) is 0 Å². The highest BCUT2D eigenvalue weighted by molar-refractivity contribution is 8.96. The van der Waals surface area contributed by atoms with E-state index in [-0.39, 0.29) is 0 Å². The van der Waals surface area contributed by atoms with E-state index in [4.69, 9.17) is 0 Å². The molecular weight excluding hydrogens is 702 g/mol. The summed E-state index contributed by atoms with van der Waals surface area (Å²) in [5.41, 5.74) is 0. The van der Waals surface area contributed by atoms with Crippen LogP contribution in [0.25, 0.3) is 0 Å². The maximum Gasteiger partial charge on any atom is -0.00600 e. The second kappa shape index (κ2) is 18.4. The monoisotopic (exact) mass is 746 g/mol. The van der Waals surface area contributed by atoms with Crippen molar-refractivity contribution < 1.29 is 0 Å². The molecule has 0 aromatic heterocycles. The zero-order chi connectivity index (χ0) is 33.1. The van der Waals surface area contributed by atoms with Crippen molar-refractivity contribution >= 4 is 76.2 Å². The molecule has 6 heteroatoms. The summed E-state index contributed by atoms with van der Waals surface area (Å²) in [6.07, 6.45) is 9.33. The Morgan fingerprint density at radius 1 is 0.224 bits per heavy atom. The predicted molar refractivity (Wildman–Crippen MR) is 231 cm³/mol. The van der Waals surface area contributed by atoms with Gasteiger partial charge in [0, 0.05) is 0 Å². The first-order chi connectivity index (χ1) is 24.4. The molecule has 7 rings (SSSR count). The summed E-state index contributed by atoms with van der Waals surface area (Å²) < 4.78 is 0. The maximum absolute atomic E-state index is 2.52. The lowest BCUT2D eigenvalue weighted by atomic mass is 10.2. The number of hydrogen-bond acceptors (Lipinski definition) is 0. The summed E-state index contributed by atoms with van der Waals surface area (Å²) in [4.78, 5) is 0. The molecule has 0 nitrogen and oxygen atoms in total. The Morgan fingerprint density at radius 2 is 0.449 bits per heavy atom. The van der Waals surface area contributed by atoms with Gasteiger partial charge in [-0.2, -0.15) is 0 Å². The quantitative estimate of drug-likeness (QED) is 0.149. The van der Waals surface area contributed by atoms with E-state index in [1.165, 1.54) is 44.4 Å². The lowest BCUT2D eigenvalue weighted by Crippen LogP contribution is -2.15. The number of rotatable bonds is 6. The Labute approximate surface area is 301 Å². The van der Waals surface area contributed by atoms with E-state index < -0.39 is 44.4 Å². The lowest BCUT2D eigenvalue weighted by molar-refractivity contribution is 0.661. The Kier molecular flexibility index (Phi) is 13.3. The minimum atomic E-state index is -0.587. The first-order valence-corrected chi connectivity index (χ1v) is 29.4. The molecule has 246 valence electrons. The van der Waals surface area contributed by atoms with E-state index in [0.717, 1.165) is 0 Å². The molecule has 0 radical (unpaired) electrons. The summed E-state index contributed by atoms with van der Waals surface area (Å²) in [5.74, 6) is 0. The van der Waals surface area contributed by atoms with E-state index in [0.29, 0.717) is 0 Å². The van der Waals surface area contributed by atoms with Gasteiger partial charge in [0.25, 0.3) is 0 Å². The molecule has 6 aromatic carbocycles. The van der Waals surface area contributed by atoms with Crippen molar-refractivity contribution in [3.05, 3.63) is 182 Å². The first-order valence-electron chi connectivity index (χ1n) is 17.4. The Morgan fingerprint density at radius 3 is 0.735 bits per heavy atom. The Bertz CT molecular complexity index is 1670. The van der Waals surface area contributed by atoms with Crippen molar-refractivity contribution in [1.29, 1.82) is 0 Å². The van der Waals surface area contributed by atoms with Crippen LogP contribution in [0, 0.1) is 0 Å². The normalized spacial score (nSPS) is 23.8. The van der Waals surface area contributed by atoms with Gasteiger partial charge in [-0.1, -0.05) is 201 Å². The molecule has 1 fully saturated rings. The first kappa shape index (κ1) is 35.3. The third-order valence-corrected chi connectivity index (χ3v) is 48.6. The van der Waals surface area contributed by atoms with Crippen LogP contribution >= 0.6 is 44.4 Å². The fraction of sp³-hybridized carbons (Fsp3) is 0.163. The molecule has 0 spiro atoms. The van der Waals surface area contributed by atoms with Crippen LogP contribution in [0.1, 0.15) is 32.1 Å². The lowest BCUT2D eigenvalue weighted by Gasteiger charge is -2.45. The average Bonchev–Trinajstić information content (AvgIpc) is 3.20. The van der Waals surface area contributed by atoms with Gasteiger partial charge in [-0.3, -0.25) is 0 Å². The van der Waals surface area contributed by atoms with Crippen LogP contribution in [-0.2, 0) is 0 Å². The van der Waals surface area contributed by atoms with Gasteiger partial charge in [0.15, 0.2) is 0 Å². The number of hydrogen-bond donors (Lipinski definition) is 0. The van der Waals surface area contributed by atoms with Crippen molar-refractivity contribution in [3.63, 3.8) is 0 Å². The molecule has 0 aliphatic carbocycles. The molecule has 0 bridgehead atoms. The summed E-state index contributed by atoms with van der Waals surface area (Å²) in [5, 5.41) is 9.62. The van der Waals surface area contributed by atoms with Crippen LogP contribution in [0.2, 0.25) is 0 Å². The highest BCUT2D eigenvalue weighted by Crippen LogP contribution is 3.05. The van der Waals surface area contributed by atoms with Crippen LogP contribution in [0.15, 0.2) is 182 Å². The molecule has 1 aliphatic rings. The van der Waals surface area contributed by atoms with E-state index >= 15 is 0 Å². The van der Waals surface area contributed by atoms with Crippen LogP contribution < -0.4 is 31.8 Å². The van der Waals surface area contributed by atoms with Crippen molar-refractivity contribution in [2.75, 3.05) is 12.3 Å². The van der Waals surface area contributed by atoms with Gasteiger partial charge in [-0.15, -0.1) is 0 Å². The molecule has 1 saturated heterocycles. The summed E-state index contributed by atoms with van der Waals surface area (Å²) in [6.45, 7) is 0. The molecule has 0 N–H and O–H groups in total. The maximum atomic E-state index is 2.52.